The van der Waals surface area contributed by atoms with E-state index in [1.165, 1.54) is 96.3 Å². The van der Waals surface area contributed by atoms with E-state index in [9.17, 15) is 0 Å². The van der Waals surface area contributed by atoms with Crippen molar-refractivity contribution in [2.24, 2.45) is 17.8 Å². The summed E-state index contributed by atoms with van der Waals surface area (Å²) in [5.41, 5.74) is 5.07. The van der Waals surface area contributed by atoms with Crippen LogP contribution in [0, 0.1) is 17.8 Å². The zero-order valence-electron chi connectivity index (χ0n) is 21.6. The van der Waals surface area contributed by atoms with Crippen LogP contribution in [0.2, 0.25) is 0 Å². The van der Waals surface area contributed by atoms with Crippen molar-refractivity contribution >= 4 is 0 Å². The van der Waals surface area contributed by atoms with Crippen LogP contribution in [0.5, 0.6) is 0 Å². The highest BCUT2D eigenvalue weighted by Gasteiger charge is 2.09. The lowest BCUT2D eigenvalue weighted by Gasteiger charge is -2.16. The molecule has 1 aromatic rings. The van der Waals surface area contributed by atoms with E-state index in [4.69, 9.17) is 0 Å². The fourth-order valence-corrected chi connectivity index (χ4v) is 4.60. The molecule has 0 heterocycles. The van der Waals surface area contributed by atoms with E-state index in [1.807, 2.05) is 0 Å². The summed E-state index contributed by atoms with van der Waals surface area (Å²) >= 11 is 0. The molecule has 0 bridgehead atoms. The lowest BCUT2D eigenvalue weighted by molar-refractivity contribution is 0.521. The average Bonchev–Trinajstić information content (AvgIpc) is 2.67. The molecule has 0 atom stereocenters. The smallest absolute Gasteiger partial charge is 0.0273 e. The van der Waals surface area contributed by atoms with Gasteiger partial charge in [-0.3, -0.25) is 0 Å². The second kappa shape index (κ2) is 16.9. The maximum absolute atomic E-state index is 2.44. The fourth-order valence-electron chi connectivity index (χ4n) is 4.60. The van der Waals surface area contributed by atoms with Crippen LogP contribution in [0.1, 0.15) is 135 Å². The molecule has 0 nitrogen and oxygen atoms in total. The summed E-state index contributed by atoms with van der Waals surface area (Å²) in [5, 5.41) is 0. The molecule has 0 heteroatoms. The minimum Gasteiger partial charge on any atom is -0.0628 e. The van der Waals surface area contributed by atoms with Crippen LogP contribution < -0.4 is 0 Å². The highest BCUT2D eigenvalue weighted by atomic mass is 14.1. The van der Waals surface area contributed by atoms with Crippen molar-refractivity contribution in [2.45, 2.75) is 138 Å². The van der Waals surface area contributed by atoms with Gasteiger partial charge in [0.15, 0.2) is 0 Å². The molecular formula is C30H54. The van der Waals surface area contributed by atoms with Gasteiger partial charge in [-0.25, -0.2) is 0 Å². The molecule has 0 aromatic heterocycles. The SMILES string of the molecule is CC(C)CCCCCc1cccc(CCCCCC(C)C)c1CCCCCC(C)C. The molecule has 1 aromatic carbocycles. The molecule has 0 saturated heterocycles. The van der Waals surface area contributed by atoms with Crippen molar-refractivity contribution in [1.29, 1.82) is 0 Å². The maximum atomic E-state index is 2.44. The molecule has 0 unspecified atom stereocenters. The van der Waals surface area contributed by atoms with Crippen LogP contribution in [-0.4, -0.2) is 0 Å². The zero-order chi connectivity index (χ0) is 22.2. The van der Waals surface area contributed by atoms with E-state index < -0.39 is 0 Å². The molecule has 0 N–H and O–H groups in total. The Bertz CT molecular complexity index is 487. The van der Waals surface area contributed by atoms with Gasteiger partial charge in [-0.2, -0.15) is 0 Å². The van der Waals surface area contributed by atoms with Gasteiger partial charge in [0.25, 0.3) is 0 Å². The number of rotatable bonds is 18. The van der Waals surface area contributed by atoms with Crippen LogP contribution in [0.25, 0.3) is 0 Å². The molecule has 0 radical (unpaired) electrons. The molecule has 0 fully saturated rings. The number of aryl methyl sites for hydroxylation is 2. The summed E-state index contributed by atoms with van der Waals surface area (Å²) in [7, 11) is 0. The van der Waals surface area contributed by atoms with Gasteiger partial charge in [0.05, 0.1) is 0 Å². The van der Waals surface area contributed by atoms with Gasteiger partial charge >= 0.3 is 0 Å². The number of benzene rings is 1. The van der Waals surface area contributed by atoms with Crippen molar-refractivity contribution in [3.63, 3.8) is 0 Å². The van der Waals surface area contributed by atoms with Gasteiger partial charge in [0.2, 0.25) is 0 Å². The number of hydrogen-bond donors (Lipinski definition) is 0. The van der Waals surface area contributed by atoms with Crippen molar-refractivity contribution in [1.82, 2.24) is 0 Å². The lowest BCUT2D eigenvalue weighted by Crippen LogP contribution is -2.02. The van der Waals surface area contributed by atoms with Gasteiger partial charge in [0.1, 0.15) is 0 Å². The number of hydrogen-bond acceptors (Lipinski definition) is 0. The highest BCUT2D eigenvalue weighted by molar-refractivity contribution is 5.36. The Balaban J connectivity index is 2.61. The fraction of sp³-hybridized carbons (Fsp3) is 0.800. The predicted molar refractivity (Wildman–Crippen MR) is 137 cm³/mol. The molecule has 30 heavy (non-hydrogen) atoms. The molecule has 0 aliphatic rings. The van der Waals surface area contributed by atoms with E-state index in [1.54, 1.807) is 16.7 Å². The van der Waals surface area contributed by atoms with Gasteiger partial charge in [-0.05, 0) is 73.0 Å². The first kappa shape index (κ1) is 27.3. The van der Waals surface area contributed by atoms with Crippen molar-refractivity contribution in [2.75, 3.05) is 0 Å². The van der Waals surface area contributed by atoms with Crippen LogP contribution >= 0.6 is 0 Å². The Morgan fingerprint density at radius 3 is 1.20 bits per heavy atom. The third-order valence-corrected chi connectivity index (χ3v) is 6.53. The third kappa shape index (κ3) is 13.5. The normalized spacial score (nSPS) is 11.9. The lowest BCUT2D eigenvalue weighted by atomic mass is 9.89. The Morgan fingerprint density at radius 1 is 0.467 bits per heavy atom. The quantitative estimate of drug-likeness (QED) is 0.210. The van der Waals surface area contributed by atoms with Gasteiger partial charge in [-0.1, -0.05) is 118 Å². The van der Waals surface area contributed by atoms with Gasteiger partial charge < -0.3 is 0 Å². The second-order valence-corrected chi connectivity index (χ2v) is 11.0. The predicted octanol–water partition coefficient (Wildman–Crippen LogP) is 9.96. The standard InChI is InChI=1S/C30H54/c1-25(2)17-10-7-13-20-28-22-16-23-29(21-14-8-11-18-26(3)4)30(28)24-15-9-12-19-27(5)6/h16,22-23,25-27H,7-15,17-21,24H2,1-6H3. The third-order valence-electron chi connectivity index (χ3n) is 6.53. The molecule has 0 spiro atoms. The van der Waals surface area contributed by atoms with E-state index in [0.717, 1.165) is 17.8 Å². The summed E-state index contributed by atoms with van der Waals surface area (Å²) in [4.78, 5) is 0. The van der Waals surface area contributed by atoms with Crippen LogP contribution in [0.15, 0.2) is 18.2 Å². The maximum Gasteiger partial charge on any atom is -0.0273 e. The first-order chi connectivity index (χ1) is 14.4. The van der Waals surface area contributed by atoms with E-state index in [-0.39, 0.29) is 0 Å². The first-order valence-corrected chi connectivity index (χ1v) is 13.5. The van der Waals surface area contributed by atoms with Crippen molar-refractivity contribution < 1.29 is 0 Å². The molecular weight excluding hydrogens is 360 g/mol. The number of unbranched alkanes of at least 4 members (excludes halogenated alkanes) is 6. The first-order valence-electron chi connectivity index (χ1n) is 13.5. The summed E-state index contributed by atoms with van der Waals surface area (Å²) in [6, 6.07) is 7.22. The largest absolute Gasteiger partial charge is 0.0628 e. The summed E-state index contributed by atoms with van der Waals surface area (Å²) in [5.74, 6) is 2.56. The Hall–Kier alpha value is -0.780. The molecule has 0 aliphatic heterocycles. The van der Waals surface area contributed by atoms with E-state index >= 15 is 0 Å². The van der Waals surface area contributed by atoms with E-state index in [0.29, 0.717) is 0 Å². The Labute approximate surface area is 190 Å². The van der Waals surface area contributed by atoms with Gasteiger partial charge in [-0.15, -0.1) is 0 Å². The van der Waals surface area contributed by atoms with Gasteiger partial charge in [0, 0.05) is 0 Å². The molecule has 1 rings (SSSR count). The Morgan fingerprint density at radius 2 is 0.833 bits per heavy atom. The van der Waals surface area contributed by atoms with Crippen LogP contribution in [-0.2, 0) is 19.3 Å². The van der Waals surface area contributed by atoms with Crippen molar-refractivity contribution in [3.8, 4) is 0 Å². The minimum atomic E-state index is 0.851. The summed E-state index contributed by atoms with van der Waals surface area (Å²) in [6.07, 6.45) is 20.6. The molecule has 174 valence electrons. The van der Waals surface area contributed by atoms with Crippen LogP contribution in [0.4, 0.5) is 0 Å². The highest BCUT2D eigenvalue weighted by Crippen LogP contribution is 2.24. The summed E-state index contributed by atoms with van der Waals surface area (Å²) < 4.78 is 0. The minimum absolute atomic E-state index is 0.851. The molecule has 0 saturated carbocycles. The summed E-state index contributed by atoms with van der Waals surface area (Å²) in [6.45, 7) is 14.1. The van der Waals surface area contributed by atoms with E-state index in [2.05, 4.69) is 59.7 Å². The average molecular weight is 415 g/mol. The molecule has 0 amide bonds. The van der Waals surface area contributed by atoms with Crippen LogP contribution in [0.3, 0.4) is 0 Å². The monoisotopic (exact) mass is 414 g/mol. The van der Waals surface area contributed by atoms with Crippen molar-refractivity contribution in [3.05, 3.63) is 34.9 Å². The molecule has 0 aliphatic carbocycles. The zero-order valence-corrected chi connectivity index (χ0v) is 21.6. The topological polar surface area (TPSA) is 0 Å². The Kier molecular flexibility index (Phi) is 15.3. The second-order valence-electron chi connectivity index (χ2n) is 11.0.